The van der Waals surface area contributed by atoms with E-state index in [1.807, 2.05) is 56.3 Å². The number of nitrogens with two attached hydrogens (primary N) is 1. The number of carbonyl (C=O) groups excluding carboxylic acids is 3. The molecule has 1 saturated heterocycles. The second-order valence-corrected chi connectivity index (χ2v) is 25.9. The summed E-state index contributed by atoms with van der Waals surface area (Å²) in [4.78, 5) is 46.1. The Morgan fingerprint density at radius 3 is 2.05 bits per heavy atom. The highest BCUT2D eigenvalue weighted by atomic mass is 35.5. The van der Waals surface area contributed by atoms with Crippen LogP contribution < -0.4 is 35.9 Å². The second kappa shape index (κ2) is 29.2. The van der Waals surface area contributed by atoms with Gasteiger partial charge in [0, 0.05) is 81.9 Å². The predicted octanol–water partition coefficient (Wildman–Crippen LogP) is 0.691. The lowest BCUT2D eigenvalue weighted by Gasteiger charge is -2.36. The third kappa shape index (κ3) is 21.0. The maximum absolute atomic E-state index is 13.3. The van der Waals surface area contributed by atoms with Gasteiger partial charge in [-0.05, 0) is 66.3 Å². The molecule has 1 fully saturated rings. The van der Waals surface area contributed by atoms with Gasteiger partial charge in [-0.15, -0.1) is 5.10 Å². The van der Waals surface area contributed by atoms with Crippen LogP contribution in [0.25, 0.3) is 11.1 Å². The largest absolute Gasteiger partial charge is 0.488 e. The molecule has 0 bridgehead atoms. The first-order chi connectivity index (χ1) is 39.4. The number of pyridine rings is 1. The topological polar surface area (TPSA) is 432 Å². The first-order valence-electron chi connectivity index (χ1n) is 25.4. The van der Waals surface area contributed by atoms with Gasteiger partial charge in [-0.3, -0.25) is 47.2 Å². The Bertz CT molecular complexity index is 3690. The standard InChI is InChI=1S/C50H62ClN11O18S4/c1-32-36(27-79-47-20-46(78-26-35-18-34(21-52)22-54-23-35)37(19-41(47)51)24-56-43(30-83(72,73)74)49(64)55-10-17-81(66,67)68)6-3-7-39(32)40-8-4-9-45(33(40)2)80-28-38-25-62(59-58-38)12-5-11-60-13-15-61(16-14-60)50(65)44(31-84(75,76)77)57-48(63)42(53)29-82(69,70)71/h3-4,6-9,18-20,22-23,25,42-44,56H,5,10-17,24,26-31,53H2,1-2H3,(H,55,64)(H,57,63)(H,66,67,68)(H,69,70,71)(H,72,73,74)(H,75,76,77)/t42-,43-,44-/m0/s1. The lowest BCUT2D eigenvalue weighted by atomic mass is 9.93. The fourth-order valence-electron chi connectivity index (χ4n) is 8.70. The Balaban J connectivity index is 1.06. The molecule has 9 N–H and O–H groups in total. The lowest BCUT2D eigenvalue weighted by Crippen LogP contribution is -2.59. The van der Waals surface area contributed by atoms with E-state index >= 15 is 0 Å². The molecule has 3 aromatic carbocycles. The number of hydrogen-bond donors (Lipinski definition) is 8. The minimum absolute atomic E-state index is 0.0291. The van der Waals surface area contributed by atoms with Crippen LogP contribution in [0.3, 0.4) is 0 Å². The Morgan fingerprint density at radius 1 is 0.738 bits per heavy atom. The number of hydrogen-bond acceptors (Lipinski definition) is 21. The quantitative estimate of drug-likeness (QED) is 0.0293. The monoisotopic (exact) mass is 1270 g/mol. The lowest BCUT2D eigenvalue weighted by molar-refractivity contribution is -0.137. The zero-order valence-corrected chi connectivity index (χ0v) is 49.2. The van der Waals surface area contributed by atoms with Crippen LogP contribution in [0.2, 0.25) is 5.02 Å². The van der Waals surface area contributed by atoms with Gasteiger partial charge >= 0.3 is 0 Å². The molecule has 0 radical (unpaired) electrons. The molecule has 5 aromatic rings. The van der Waals surface area contributed by atoms with E-state index in [1.165, 1.54) is 29.4 Å². The maximum atomic E-state index is 13.3. The van der Waals surface area contributed by atoms with Crippen molar-refractivity contribution in [3.63, 3.8) is 0 Å². The molecule has 3 atom stereocenters. The van der Waals surface area contributed by atoms with Crippen molar-refractivity contribution in [3.05, 3.63) is 117 Å². The van der Waals surface area contributed by atoms with E-state index in [4.69, 9.17) is 40.7 Å². The van der Waals surface area contributed by atoms with Gasteiger partial charge in [-0.2, -0.15) is 38.9 Å². The number of benzene rings is 3. The van der Waals surface area contributed by atoms with Crippen molar-refractivity contribution < 1.29 is 80.5 Å². The Labute approximate surface area is 489 Å². The van der Waals surface area contributed by atoms with Gasteiger partial charge in [0.05, 0.1) is 34.0 Å². The molecule has 6 rings (SSSR count). The highest BCUT2D eigenvalue weighted by molar-refractivity contribution is 7.86. The van der Waals surface area contributed by atoms with Crippen molar-refractivity contribution in [1.82, 2.24) is 45.7 Å². The molecule has 0 saturated carbocycles. The highest BCUT2D eigenvalue weighted by Gasteiger charge is 2.34. The molecule has 0 spiro atoms. The summed E-state index contributed by atoms with van der Waals surface area (Å²) >= 11 is 6.78. The Kier molecular flexibility index (Phi) is 23.0. The molecule has 1 aliphatic heterocycles. The van der Waals surface area contributed by atoms with Crippen LogP contribution in [0.4, 0.5) is 0 Å². The first-order valence-corrected chi connectivity index (χ1v) is 32.3. The molecule has 3 amide bonds. The number of halogens is 1. The number of nitrogens with one attached hydrogen (secondary N) is 3. The van der Waals surface area contributed by atoms with Crippen molar-refractivity contribution in [3.8, 4) is 34.4 Å². The molecule has 3 heterocycles. The third-order valence-corrected chi connectivity index (χ3v) is 16.3. The Morgan fingerprint density at radius 2 is 1.38 bits per heavy atom. The number of nitriles is 1. The van der Waals surface area contributed by atoms with Gasteiger partial charge in [-0.25, -0.2) is 0 Å². The van der Waals surface area contributed by atoms with Crippen LogP contribution in [0.15, 0.2) is 73.2 Å². The molecular weight excluding hydrogens is 1210 g/mol. The van der Waals surface area contributed by atoms with Gasteiger partial charge in [0.2, 0.25) is 17.7 Å². The number of ether oxygens (including phenoxy) is 3. The summed E-state index contributed by atoms with van der Waals surface area (Å²) in [5.41, 5.74) is 11.4. The fourth-order valence-corrected chi connectivity index (χ4v) is 11.2. The van der Waals surface area contributed by atoms with Crippen LogP contribution in [0, 0.1) is 25.2 Å². The number of nitrogens with zero attached hydrogens (tertiary/aromatic N) is 7. The highest BCUT2D eigenvalue weighted by Crippen LogP contribution is 2.37. The van der Waals surface area contributed by atoms with E-state index in [-0.39, 0.29) is 61.5 Å². The first kappa shape index (κ1) is 66.2. The maximum Gasteiger partial charge on any atom is 0.267 e. The summed E-state index contributed by atoms with van der Waals surface area (Å²) in [5.74, 6) is -6.37. The van der Waals surface area contributed by atoms with Crippen molar-refractivity contribution in [2.75, 3.05) is 62.3 Å². The summed E-state index contributed by atoms with van der Waals surface area (Å²) in [6.45, 7) is 5.25. The second-order valence-electron chi connectivity index (χ2n) is 19.4. The van der Waals surface area contributed by atoms with Crippen LogP contribution in [0.5, 0.6) is 17.2 Å². The molecule has 1 aliphatic rings. The molecule has 34 heteroatoms. The summed E-state index contributed by atoms with van der Waals surface area (Å²) in [5, 5.41) is 25.0. The minimum atomic E-state index is -4.77. The molecule has 0 unspecified atom stereocenters. The van der Waals surface area contributed by atoms with Crippen LogP contribution in [0.1, 0.15) is 45.5 Å². The smallest absolute Gasteiger partial charge is 0.267 e. The number of rotatable bonds is 30. The van der Waals surface area contributed by atoms with E-state index in [0.29, 0.717) is 55.2 Å². The summed E-state index contributed by atoms with van der Waals surface area (Å²) in [6, 6.07) is 12.7. The number of amides is 3. The molecule has 2 aromatic heterocycles. The van der Waals surface area contributed by atoms with E-state index in [2.05, 4.69) is 36.1 Å². The van der Waals surface area contributed by atoms with Crippen molar-refractivity contribution in [1.29, 1.82) is 5.26 Å². The number of aromatic nitrogens is 4. The predicted molar refractivity (Wildman–Crippen MR) is 302 cm³/mol. The van der Waals surface area contributed by atoms with Gasteiger partial charge in [0.15, 0.2) is 0 Å². The zero-order valence-electron chi connectivity index (χ0n) is 45.2. The van der Waals surface area contributed by atoms with Crippen LogP contribution in [-0.2, 0) is 87.8 Å². The number of aryl methyl sites for hydroxylation is 1. The van der Waals surface area contributed by atoms with Crippen molar-refractivity contribution in [2.24, 2.45) is 5.73 Å². The van der Waals surface area contributed by atoms with Crippen molar-refractivity contribution >= 4 is 69.8 Å². The SMILES string of the molecule is Cc1c(COc2cc(OCc3cncc(C#N)c3)c(CN[C@@H](CS(=O)(=O)O)C(=O)NCCS(=O)(=O)O)cc2Cl)cccc1-c1cccc(OCc2cn(CCCN3CCN(C(=O)[C@H](CS(=O)(=O)O)NC(=O)[C@@H](N)CS(=O)(=O)O)CC3)nn2)c1C. The summed E-state index contributed by atoms with van der Waals surface area (Å²) in [7, 11) is -18.6. The molecule has 456 valence electrons. The zero-order chi connectivity index (χ0) is 61.6. The minimum Gasteiger partial charge on any atom is -0.488 e. The van der Waals surface area contributed by atoms with Crippen LogP contribution in [-0.4, -0.2) is 180 Å². The summed E-state index contributed by atoms with van der Waals surface area (Å²) < 4.78 is 149. The van der Waals surface area contributed by atoms with E-state index in [0.717, 1.165) is 27.8 Å². The Hall–Kier alpha value is -6.94. The average molecular weight is 1270 g/mol. The van der Waals surface area contributed by atoms with Crippen LogP contribution >= 0.6 is 11.6 Å². The fraction of sp³-hybridized carbons (Fsp3) is 0.420. The summed E-state index contributed by atoms with van der Waals surface area (Å²) in [6.07, 6.45) is 5.27. The van der Waals surface area contributed by atoms with E-state index in [1.54, 1.807) is 16.9 Å². The van der Waals surface area contributed by atoms with Gasteiger partial charge < -0.3 is 40.8 Å². The normalized spacial score (nSPS) is 14.4. The van der Waals surface area contributed by atoms with Gasteiger partial charge in [0.25, 0.3) is 40.5 Å². The van der Waals surface area contributed by atoms with E-state index < -0.39 is 106 Å². The van der Waals surface area contributed by atoms with Crippen molar-refractivity contribution in [2.45, 2.75) is 71.3 Å². The van der Waals surface area contributed by atoms with E-state index in [9.17, 15) is 62.4 Å². The number of piperazine rings is 1. The number of carbonyl (C=O) groups is 3. The van der Waals surface area contributed by atoms with Gasteiger partial charge in [-0.1, -0.05) is 47.1 Å². The molecule has 0 aliphatic carbocycles. The average Bonchev–Trinajstić information content (AvgIpc) is 3.98. The third-order valence-electron chi connectivity index (χ3n) is 13.0. The van der Waals surface area contributed by atoms with Gasteiger partial charge in [0.1, 0.15) is 72.7 Å². The molecule has 84 heavy (non-hydrogen) atoms. The molecular formula is C50H62ClN11O18S4. The molecule has 29 nitrogen and oxygen atoms in total.